The van der Waals surface area contributed by atoms with Gasteiger partial charge in [-0.3, -0.25) is 0 Å². The predicted octanol–water partition coefficient (Wildman–Crippen LogP) is 0.633. The van der Waals surface area contributed by atoms with Crippen molar-refractivity contribution < 1.29 is 9.53 Å². The molecule has 0 aliphatic rings. The molecule has 0 amide bonds. The number of imidazole rings is 1. The Hall–Kier alpha value is -2.44. The summed E-state index contributed by atoms with van der Waals surface area (Å²) in [6.45, 7) is 0.607. The van der Waals surface area contributed by atoms with E-state index >= 15 is 0 Å². The third kappa shape index (κ3) is 2.87. The monoisotopic (exact) mass is 261 g/mol. The highest BCUT2D eigenvalue weighted by molar-refractivity contribution is 5.86. The van der Waals surface area contributed by atoms with Crippen molar-refractivity contribution in [2.75, 3.05) is 19.1 Å². The number of rotatable bonds is 4. The number of ether oxygens (including phenoxy) is 1. The molecule has 0 radical (unpaired) electrons. The van der Waals surface area contributed by atoms with Crippen LogP contribution < -0.4 is 4.90 Å². The molecule has 2 aromatic rings. The number of aromatic nitrogens is 4. The second-order valence-corrected chi connectivity index (χ2v) is 4.08. The molecule has 19 heavy (non-hydrogen) atoms. The van der Waals surface area contributed by atoms with Crippen molar-refractivity contribution >= 4 is 11.8 Å². The van der Waals surface area contributed by atoms with Crippen LogP contribution in [0.5, 0.6) is 0 Å². The number of anilines is 1. The first kappa shape index (κ1) is 13.0. The van der Waals surface area contributed by atoms with Crippen LogP contribution in [0.4, 0.5) is 5.82 Å². The zero-order valence-corrected chi connectivity index (χ0v) is 11.1. The number of nitrogens with zero attached hydrogens (tertiary/aromatic N) is 5. The van der Waals surface area contributed by atoms with Crippen molar-refractivity contribution in [1.82, 2.24) is 19.7 Å². The van der Waals surface area contributed by atoms with E-state index < -0.39 is 5.97 Å². The van der Waals surface area contributed by atoms with E-state index in [9.17, 15) is 4.79 Å². The van der Waals surface area contributed by atoms with E-state index in [4.69, 9.17) is 0 Å². The minimum Gasteiger partial charge on any atom is -0.464 e. The average molecular weight is 261 g/mol. The number of hydrogen-bond donors (Lipinski definition) is 0. The highest BCUT2D eigenvalue weighted by Gasteiger charge is 2.11. The maximum atomic E-state index is 11.2. The van der Waals surface area contributed by atoms with Crippen molar-refractivity contribution in [2.45, 2.75) is 6.54 Å². The molecule has 0 saturated heterocycles. The van der Waals surface area contributed by atoms with Crippen molar-refractivity contribution in [2.24, 2.45) is 7.05 Å². The molecule has 0 N–H and O–H groups in total. The van der Waals surface area contributed by atoms with Gasteiger partial charge in [0.15, 0.2) is 11.5 Å². The molecule has 0 fully saturated rings. The summed E-state index contributed by atoms with van der Waals surface area (Å²) >= 11 is 0. The van der Waals surface area contributed by atoms with Crippen molar-refractivity contribution in [3.63, 3.8) is 0 Å². The van der Waals surface area contributed by atoms with Gasteiger partial charge in [-0.15, -0.1) is 10.2 Å². The van der Waals surface area contributed by atoms with Crippen LogP contribution in [0.1, 0.15) is 16.3 Å². The third-order valence-corrected chi connectivity index (χ3v) is 2.74. The lowest BCUT2D eigenvalue weighted by Gasteiger charge is -2.17. The summed E-state index contributed by atoms with van der Waals surface area (Å²) in [5.41, 5.74) is 0.191. The van der Waals surface area contributed by atoms with Gasteiger partial charge >= 0.3 is 5.97 Å². The Balaban J connectivity index is 2.09. The number of carbonyl (C=O) groups is 1. The lowest BCUT2D eigenvalue weighted by atomic mass is 10.3. The van der Waals surface area contributed by atoms with E-state index in [-0.39, 0.29) is 5.69 Å². The lowest BCUT2D eigenvalue weighted by Crippen LogP contribution is -2.21. The van der Waals surface area contributed by atoms with Crippen LogP contribution in [0.25, 0.3) is 0 Å². The first-order chi connectivity index (χ1) is 9.11. The molecule has 7 heteroatoms. The van der Waals surface area contributed by atoms with E-state index in [2.05, 4.69) is 19.9 Å². The lowest BCUT2D eigenvalue weighted by molar-refractivity contribution is 0.0592. The third-order valence-electron chi connectivity index (χ3n) is 2.74. The second kappa shape index (κ2) is 5.47. The Morgan fingerprint density at radius 3 is 2.74 bits per heavy atom. The second-order valence-electron chi connectivity index (χ2n) is 4.08. The highest BCUT2D eigenvalue weighted by Crippen LogP contribution is 2.11. The average Bonchev–Trinajstić information content (AvgIpc) is 2.83. The Morgan fingerprint density at radius 1 is 1.42 bits per heavy atom. The zero-order chi connectivity index (χ0) is 13.8. The number of aryl methyl sites for hydroxylation is 1. The molecular formula is C12H15N5O2. The molecule has 100 valence electrons. The topological polar surface area (TPSA) is 73.1 Å². The van der Waals surface area contributed by atoms with Crippen molar-refractivity contribution in [3.8, 4) is 0 Å². The summed E-state index contributed by atoms with van der Waals surface area (Å²) < 4.78 is 6.51. The molecule has 2 heterocycles. The first-order valence-electron chi connectivity index (χ1n) is 5.71. The predicted molar refractivity (Wildman–Crippen MR) is 68.7 cm³/mol. The molecule has 2 aromatic heterocycles. The number of carbonyl (C=O) groups excluding carboxylic acids is 1. The first-order valence-corrected chi connectivity index (χ1v) is 5.71. The van der Waals surface area contributed by atoms with Gasteiger partial charge in [0.05, 0.1) is 13.7 Å². The van der Waals surface area contributed by atoms with Crippen LogP contribution in [0.15, 0.2) is 24.5 Å². The van der Waals surface area contributed by atoms with Gasteiger partial charge in [-0.1, -0.05) is 0 Å². The molecule has 0 unspecified atom stereocenters. The largest absolute Gasteiger partial charge is 0.464 e. The molecule has 0 saturated carbocycles. The molecule has 7 nitrogen and oxygen atoms in total. The molecule has 0 aromatic carbocycles. The molecule has 0 atom stereocenters. The summed E-state index contributed by atoms with van der Waals surface area (Å²) in [6.07, 6.45) is 3.63. The standard InChI is InChI=1S/C12H15N5O2/c1-16-7-6-13-11(16)8-17(2)10-5-4-9(14-15-10)12(18)19-3/h4-7H,8H2,1-3H3. The number of esters is 1. The quantitative estimate of drug-likeness (QED) is 0.752. The van der Waals surface area contributed by atoms with Gasteiger partial charge in [0, 0.05) is 26.5 Å². The summed E-state index contributed by atoms with van der Waals surface area (Å²) in [5, 5.41) is 7.82. The Bertz CT molecular complexity index is 564. The number of methoxy groups -OCH3 is 1. The summed E-state index contributed by atoms with van der Waals surface area (Å²) in [5.74, 6) is 1.09. The van der Waals surface area contributed by atoms with Crippen LogP contribution in [0.2, 0.25) is 0 Å². The van der Waals surface area contributed by atoms with Crippen LogP contribution in [0, 0.1) is 0 Å². The zero-order valence-electron chi connectivity index (χ0n) is 11.1. The van der Waals surface area contributed by atoms with Crippen LogP contribution >= 0.6 is 0 Å². The maximum Gasteiger partial charge on any atom is 0.358 e. The van der Waals surface area contributed by atoms with E-state index in [1.165, 1.54) is 7.11 Å². The molecule has 2 rings (SSSR count). The fourth-order valence-corrected chi connectivity index (χ4v) is 1.58. The van der Waals surface area contributed by atoms with E-state index in [0.717, 1.165) is 5.82 Å². The fraction of sp³-hybridized carbons (Fsp3) is 0.333. The maximum absolute atomic E-state index is 11.2. The van der Waals surface area contributed by atoms with Gasteiger partial charge < -0.3 is 14.2 Å². The van der Waals surface area contributed by atoms with Gasteiger partial charge in [-0.05, 0) is 12.1 Å². The van der Waals surface area contributed by atoms with Gasteiger partial charge in [-0.2, -0.15) is 0 Å². The number of hydrogen-bond acceptors (Lipinski definition) is 6. The minimum atomic E-state index is -0.495. The molecular weight excluding hydrogens is 246 g/mol. The normalized spacial score (nSPS) is 10.3. The van der Waals surface area contributed by atoms with E-state index in [0.29, 0.717) is 12.4 Å². The Labute approximate surface area is 110 Å². The fourth-order valence-electron chi connectivity index (χ4n) is 1.58. The van der Waals surface area contributed by atoms with Gasteiger partial charge in [0.1, 0.15) is 5.82 Å². The smallest absolute Gasteiger partial charge is 0.358 e. The van der Waals surface area contributed by atoms with Gasteiger partial charge in [-0.25, -0.2) is 9.78 Å². The van der Waals surface area contributed by atoms with E-state index in [1.54, 1.807) is 18.3 Å². The Kier molecular flexibility index (Phi) is 3.74. The molecule has 0 spiro atoms. The summed E-state index contributed by atoms with van der Waals surface area (Å²) in [7, 11) is 5.13. The van der Waals surface area contributed by atoms with Gasteiger partial charge in [0.2, 0.25) is 0 Å². The van der Waals surface area contributed by atoms with Crippen molar-refractivity contribution in [3.05, 3.63) is 36.0 Å². The summed E-state index contributed by atoms with van der Waals surface area (Å²) in [6, 6.07) is 3.31. The van der Waals surface area contributed by atoms with Crippen LogP contribution in [-0.4, -0.2) is 39.9 Å². The van der Waals surface area contributed by atoms with Crippen molar-refractivity contribution in [1.29, 1.82) is 0 Å². The summed E-state index contributed by atoms with van der Waals surface area (Å²) in [4.78, 5) is 17.4. The molecule has 0 bridgehead atoms. The Morgan fingerprint density at radius 2 is 2.21 bits per heavy atom. The SMILES string of the molecule is COC(=O)c1ccc(N(C)Cc2nccn2C)nn1. The van der Waals surface area contributed by atoms with Crippen LogP contribution in [0.3, 0.4) is 0 Å². The van der Waals surface area contributed by atoms with Crippen LogP contribution in [-0.2, 0) is 18.3 Å². The molecule has 0 aliphatic carbocycles. The van der Waals surface area contributed by atoms with Gasteiger partial charge in [0.25, 0.3) is 0 Å². The molecule has 0 aliphatic heterocycles. The highest BCUT2D eigenvalue weighted by atomic mass is 16.5. The van der Waals surface area contributed by atoms with E-state index in [1.807, 2.05) is 29.8 Å². The minimum absolute atomic E-state index is 0.191.